The number of halogens is 1. The maximum atomic E-state index is 15.3. The van der Waals surface area contributed by atoms with Crippen LogP contribution in [0.3, 0.4) is 0 Å². The molecule has 0 saturated carbocycles. The van der Waals surface area contributed by atoms with Gasteiger partial charge in [0.2, 0.25) is 0 Å². The Morgan fingerprint density at radius 1 is 0.897 bits per heavy atom. The third-order valence-electron chi connectivity index (χ3n) is 7.16. The summed E-state index contributed by atoms with van der Waals surface area (Å²) < 4.78 is 15.3. The summed E-state index contributed by atoms with van der Waals surface area (Å²) in [4.78, 5) is 0. The van der Waals surface area contributed by atoms with Gasteiger partial charge < -0.3 is 0 Å². The molecule has 0 aliphatic heterocycles. The second-order valence-electron chi connectivity index (χ2n) is 8.78. The Kier molecular flexibility index (Phi) is 13.9. The number of hydrogen-bond donors (Lipinski definition) is 0. The Morgan fingerprint density at radius 3 is 1.90 bits per heavy atom. The highest BCUT2D eigenvalue weighted by atomic mass is 19.1. The van der Waals surface area contributed by atoms with Gasteiger partial charge in [0.25, 0.3) is 0 Å². The van der Waals surface area contributed by atoms with Crippen LogP contribution in [0.4, 0.5) is 4.39 Å². The van der Waals surface area contributed by atoms with E-state index in [1.54, 1.807) is 6.08 Å². The molecule has 0 rings (SSSR count). The number of rotatable bonds is 15. The summed E-state index contributed by atoms with van der Waals surface area (Å²) in [6.07, 6.45) is 15.0. The summed E-state index contributed by atoms with van der Waals surface area (Å²) in [6, 6.07) is 0. The van der Waals surface area contributed by atoms with Crippen LogP contribution < -0.4 is 0 Å². The molecule has 0 heterocycles. The molecule has 0 nitrogen and oxygen atoms in total. The lowest BCUT2D eigenvalue weighted by Gasteiger charge is -2.41. The Balaban J connectivity index is 6.04. The smallest absolute Gasteiger partial charge is 0.0996 e. The molecule has 0 spiro atoms. The summed E-state index contributed by atoms with van der Waals surface area (Å²) in [7, 11) is 0. The van der Waals surface area contributed by atoms with Gasteiger partial charge in [-0.1, -0.05) is 84.4 Å². The van der Waals surface area contributed by atoms with Crippen LogP contribution >= 0.6 is 0 Å². The Morgan fingerprint density at radius 2 is 1.48 bits per heavy atom. The lowest BCUT2D eigenvalue weighted by atomic mass is 9.63. The van der Waals surface area contributed by atoms with Gasteiger partial charge in [0, 0.05) is 5.92 Å². The van der Waals surface area contributed by atoms with Gasteiger partial charge in [-0.25, -0.2) is 4.39 Å². The van der Waals surface area contributed by atoms with Gasteiger partial charge in [0.1, 0.15) is 0 Å². The van der Waals surface area contributed by atoms with Crippen molar-refractivity contribution in [2.24, 2.45) is 47.3 Å². The van der Waals surface area contributed by atoms with Crippen molar-refractivity contribution >= 4 is 0 Å². The van der Waals surface area contributed by atoms with Gasteiger partial charge in [0.05, 0.1) is 5.83 Å². The van der Waals surface area contributed by atoms with Crippen molar-refractivity contribution < 1.29 is 4.39 Å². The molecule has 0 aromatic carbocycles. The molecule has 0 bridgehead atoms. The second kappa shape index (κ2) is 14.6. The van der Waals surface area contributed by atoms with E-state index in [2.05, 4.69) is 73.4 Å². The number of hydrogen-bond acceptors (Lipinski definition) is 0. The summed E-state index contributed by atoms with van der Waals surface area (Å²) in [5.74, 6) is 2.19. The molecule has 0 N–H and O–H groups in total. The van der Waals surface area contributed by atoms with E-state index in [1.165, 1.54) is 0 Å². The third-order valence-corrected chi connectivity index (χ3v) is 7.16. The summed E-state index contributed by atoms with van der Waals surface area (Å²) in [6.45, 7) is 27.3. The van der Waals surface area contributed by atoms with Crippen LogP contribution in [0.2, 0.25) is 0 Å². The molecule has 0 aromatic heterocycles. The maximum Gasteiger partial charge on any atom is 0.0996 e. The topological polar surface area (TPSA) is 0 Å². The van der Waals surface area contributed by atoms with E-state index in [9.17, 15) is 0 Å². The predicted octanol–water partition coefficient (Wildman–Crippen LogP) is 9.19. The number of allylic oxidation sites excluding steroid dienone is 7. The fraction of sp³-hybridized carbons (Fsp3) is 0.643. The van der Waals surface area contributed by atoms with E-state index < -0.39 is 0 Å². The molecule has 29 heavy (non-hydrogen) atoms. The van der Waals surface area contributed by atoms with E-state index in [-0.39, 0.29) is 29.5 Å². The van der Waals surface area contributed by atoms with Crippen molar-refractivity contribution in [3.8, 4) is 0 Å². The molecule has 0 aromatic rings. The predicted molar refractivity (Wildman–Crippen MR) is 130 cm³/mol. The van der Waals surface area contributed by atoms with Gasteiger partial charge in [-0.05, 0) is 61.2 Å². The summed E-state index contributed by atoms with van der Waals surface area (Å²) in [5.41, 5.74) is 0. The standard InChI is InChI=1S/C28H47F/c1-11-17-19-21(8)24(14-4)28(27(29)16-6)25(15-5)22(9)23(10)26(18-12-2)20(7)13-3/h12-14,16-17,19-26,28H,2-4,11,15,18H2,1,5-10H3/b19-17-,27-16+. The van der Waals surface area contributed by atoms with Crippen molar-refractivity contribution in [1.82, 2.24) is 0 Å². The fourth-order valence-corrected chi connectivity index (χ4v) is 5.04. The first-order valence-corrected chi connectivity index (χ1v) is 11.6. The average molecular weight is 403 g/mol. The van der Waals surface area contributed by atoms with Crippen molar-refractivity contribution in [1.29, 1.82) is 0 Å². The molecule has 0 aliphatic rings. The maximum absolute atomic E-state index is 15.3. The molecule has 0 radical (unpaired) electrons. The molecular weight excluding hydrogens is 355 g/mol. The zero-order valence-electron chi connectivity index (χ0n) is 20.2. The van der Waals surface area contributed by atoms with E-state index in [1.807, 2.05) is 25.2 Å². The third kappa shape index (κ3) is 7.76. The van der Waals surface area contributed by atoms with Crippen LogP contribution in [0, 0.1) is 47.3 Å². The average Bonchev–Trinajstić information content (AvgIpc) is 2.73. The van der Waals surface area contributed by atoms with Gasteiger partial charge in [-0.3, -0.25) is 0 Å². The minimum atomic E-state index is -0.139. The highest BCUT2D eigenvalue weighted by molar-refractivity contribution is 5.10. The van der Waals surface area contributed by atoms with Crippen LogP contribution in [0.1, 0.15) is 67.7 Å². The van der Waals surface area contributed by atoms with Crippen LogP contribution in [0.25, 0.3) is 0 Å². The fourth-order valence-electron chi connectivity index (χ4n) is 5.04. The molecular formula is C28H47F. The molecule has 0 amide bonds. The van der Waals surface area contributed by atoms with Crippen LogP contribution in [0.15, 0.2) is 62.0 Å². The lowest BCUT2D eigenvalue weighted by molar-refractivity contribution is 0.100. The minimum Gasteiger partial charge on any atom is -0.212 e. The van der Waals surface area contributed by atoms with Crippen molar-refractivity contribution in [2.75, 3.05) is 0 Å². The van der Waals surface area contributed by atoms with E-state index >= 15 is 4.39 Å². The quantitative estimate of drug-likeness (QED) is 0.239. The SMILES string of the molecule is C=CCC(C(C)C=C)C(C)C(C)C(CC)C(/C(F)=C\C)C(C=C)C(C)/C=C\CC. The van der Waals surface area contributed by atoms with Gasteiger partial charge in [0.15, 0.2) is 0 Å². The van der Waals surface area contributed by atoms with Gasteiger partial charge in [-0.15, -0.1) is 19.7 Å². The Bertz CT molecular complexity index is 541. The first-order chi connectivity index (χ1) is 13.7. The molecule has 8 atom stereocenters. The van der Waals surface area contributed by atoms with Crippen LogP contribution in [-0.2, 0) is 0 Å². The zero-order chi connectivity index (χ0) is 22.6. The van der Waals surface area contributed by atoms with E-state index in [0.717, 1.165) is 19.3 Å². The molecule has 0 saturated heterocycles. The summed E-state index contributed by atoms with van der Waals surface area (Å²) in [5, 5.41) is 0. The molecule has 8 unspecified atom stereocenters. The monoisotopic (exact) mass is 402 g/mol. The summed E-state index contributed by atoms with van der Waals surface area (Å²) >= 11 is 0. The Labute approximate surface area is 181 Å². The van der Waals surface area contributed by atoms with Gasteiger partial charge >= 0.3 is 0 Å². The minimum absolute atomic E-state index is 0.00888. The van der Waals surface area contributed by atoms with Crippen LogP contribution in [0.5, 0.6) is 0 Å². The van der Waals surface area contributed by atoms with Crippen LogP contribution in [-0.4, -0.2) is 0 Å². The van der Waals surface area contributed by atoms with E-state index in [0.29, 0.717) is 23.7 Å². The second-order valence-corrected chi connectivity index (χ2v) is 8.78. The van der Waals surface area contributed by atoms with Crippen molar-refractivity contribution in [3.63, 3.8) is 0 Å². The first-order valence-electron chi connectivity index (χ1n) is 11.6. The van der Waals surface area contributed by atoms with Gasteiger partial charge in [-0.2, -0.15) is 0 Å². The highest BCUT2D eigenvalue weighted by Gasteiger charge is 2.39. The normalized spacial score (nSPS) is 20.9. The van der Waals surface area contributed by atoms with E-state index in [4.69, 9.17) is 0 Å². The van der Waals surface area contributed by atoms with Crippen molar-refractivity contribution in [3.05, 3.63) is 62.0 Å². The molecule has 0 fully saturated rings. The molecule has 1 heteroatoms. The highest BCUT2D eigenvalue weighted by Crippen LogP contribution is 2.45. The molecule has 0 aliphatic carbocycles. The van der Waals surface area contributed by atoms with Crippen molar-refractivity contribution in [2.45, 2.75) is 67.7 Å². The lowest BCUT2D eigenvalue weighted by Crippen LogP contribution is -2.36. The molecule has 166 valence electrons. The Hall–Kier alpha value is -1.37. The zero-order valence-corrected chi connectivity index (χ0v) is 20.2. The largest absolute Gasteiger partial charge is 0.212 e. The first kappa shape index (κ1) is 27.6.